The second kappa shape index (κ2) is 6.96. The fourth-order valence-electron chi connectivity index (χ4n) is 2.63. The zero-order valence-electron chi connectivity index (χ0n) is 12.6. The lowest BCUT2D eigenvalue weighted by Gasteiger charge is -2.32. The Bertz CT molecular complexity index is 686. The minimum Gasteiger partial charge on any atom is -0.490 e. The van der Waals surface area contributed by atoms with Gasteiger partial charge in [0, 0.05) is 38.3 Å². The molecule has 0 saturated carbocycles. The zero-order chi connectivity index (χ0) is 17.2. The molecule has 0 bridgehead atoms. The molecule has 24 heavy (non-hydrogen) atoms. The van der Waals surface area contributed by atoms with E-state index in [-0.39, 0.29) is 11.9 Å². The summed E-state index contributed by atoms with van der Waals surface area (Å²) >= 11 is 3.28. The summed E-state index contributed by atoms with van der Waals surface area (Å²) in [4.78, 5) is 10.5. The van der Waals surface area contributed by atoms with Crippen LogP contribution in [0.5, 0.6) is 5.75 Å². The number of hydrogen-bond acceptors (Lipinski definition) is 4. The molecule has 3 rings (SSSR count). The maximum atomic E-state index is 13.0. The van der Waals surface area contributed by atoms with Crippen LogP contribution >= 0.6 is 15.9 Å². The third-order valence-electron chi connectivity index (χ3n) is 3.82. The molecule has 0 atom stereocenters. The molecule has 128 valence electrons. The van der Waals surface area contributed by atoms with Gasteiger partial charge in [-0.3, -0.25) is 0 Å². The summed E-state index contributed by atoms with van der Waals surface area (Å²) < 4.78 is 45.5. The van der Waals surface area contributed by atoms with Gasteiger partial charge in [0.1, 0.15) is 11.9 Å². The Morgan fingerprint density at radius 2 is 1.71 bits per heavy atom. The highest BCUT2D eigenvalue weighted by Gasteiger charge is 2.35. The van der Waals surface area contributed by atoms with Crippen LogP contribution in [0.15, 0.2) is 41.1 Å². The first-order chi connectivity index (χ1) is 11.4. The van der Waals surface area contributed by atoms with Crippen molar-refractivity contribution in [2.75, 3.05) is 18.0 Å². The predicted octanol–water partition coefficient (Wildman–Crippen LogP) is 4.31. The van der Waals surface area contributed by atoms with E-state index in [0.717, 1.165) is 10.5 Å². The average molecular weight is 402 g/mol. The van der Waals surface area contributed by atoms with Crippen molar-refractivity contribution in [2.45, 2.75) is 25.1 Å². The number of piperidine rings is 1. The number of nitrogens with zero attached hydrogens (tertiary/aromatic N) is 3. The van der Waals surface area contributed by atoms with E-state index in [1.54, 1.807) is 18.5 Å². The standard InChI is InChI=1S/C16H15BrF3N3O/c17-11-9-21-15(22-10-11)23-7-5-12(6-8-23)24-14-4-2-1-3-13(14)16(18,19)20/h1-4,9-10,12H,5-8H2. The lowest BCUT2D eigenvalue weighted by molar-refractivity contribution is -0.139. The van der Waals surface area contributed by atoms with Gasteiger partial charge in [-0.1, -0.05) is 12.1 Å². The fourth-order valence-corrected chi connectivity index (χ4v) is 2.83. The SMILES string of the molecule is FC(F)(F)c1ccccc1OC1CCN(c2ncc(Br)cn2)CC1. The Balaban J connectivity index is 1.63. The van der Waals surface area contributed by atoms with Crippen molar-refractivity contribution in [1.29, 1.82) is 0 Å². The van der Waals surface area contributed by atoms with Gasteiger partial charge in [-0.2, -0.15) is 13.2 Å². The van der Waals surface area contributed by atoms with Crippen molar-refractivity contribution in [1.82, 2.24) is 9.97 Å². The molecule has 0 N–H and O–H groups in total. The third kappa shape index (κ3) is 3.98. The van der Waals surface area contributed by atoms with Crippen LogP contribution in [0.25, 0.3) is 0 Å². The Labute approximate surface area is 145 Å². The molecule has 2 heterocycles. The van der Waals surface area contributed by atoms with E-state index in [2.05, 4.69) is 25.9 Å². The maximum absolute atomic E-state index is 13.0. The molecule has 0 spiro atoms. The third-order valence-corrected chi connectivity index (χ3v) is 4.23. The molecule has 0 aliphatic carbocycles. The molecule has 4 nitrogen and oxygen atoms in total. The molecule has 0 unspecified atom stereocenters. The molecule has 1 aromatic heterocycles. The maximum Gasteiger partial charge on any atom is 0.419 e. The highest BCUT2D eigenvalue weighted by atomic mass is 79.9. The minimum absolute atomic E-state index is 0.108. The minimum atomic E-state index is -4.41. The first-order valence-electron chi connectivity index (χ1n) is 7.49. The van der Waals surface area contributed by atoms with Crippen molar-refractivity contribution >= 4 is 21.9 Å². The summed E-state index contributed by atoms with van der Waals surface area (Å²) in [5, 5.41) is 0. The lowest BCUT2D eigenvalue weighted by Crippen LogP contribution is -2.39. The smallest absolute Gasteiger partial charge is 0.419 e. The molecule has 1 aliphatic rings. The van der Waals surface area contributed by atoms with Gasteiger partial charge in [-0.15, -0.1) is 0 Å². The molecule has 0 amide bonds. The predicted molar refractivity (Wildman–Crippen MR) is 87.0 cm³/mol. The van der Waals surface area contributed by atoms with Crippen LogP contribution in [0.1, 0.15) is 18.4 Å². The summed E-state index contributed by atoms with van der Waals surface area (Å²) in [6.45, 7) is 1.28. The zero-order valence-corrected chi connectivity index (χ0v) is 14.2. The number of benzene rings is 1. The highest BCUT2D eigenvalue weighted by molar-refractivity contribution is 9.10. The van der Waals surface area contributed by atoms with Crippen molar-refractivity contribution in [2.24, 2.45) is 0 Å². The molecule has 1 saturated heterocycles. The fraction of sp³-hybridized carbons (Fsp3) is 0.375. The number of ether oxygens (including phenoxy) is 1. The number of anilines is 1. The molecule has 1 aliphatic heterocycles. The Hall–Kier alpha value is -1.83. The summed E-state index contributed by atoms with van der Waals surface area (Å²) in [5.41, 5.74) is -0.733. The summed E-state index contributed by atoms with van der Waals surface area (Å²) in [5.74, 6) is 0.510. The van der Waals surface area contributed by atoms with Gasteiger partial charge >= 0.3 is 6.18 Å². The second-order valence-electron chi connectivity index (χ2n) is 5.50. The van der Waals surface area contributed by atoms with Crippen LogP contribution in [0.3, 0.4) is 0 Å². The first-order valence-corrected chi connectivity index (χ1v) is 8.28. The second-order valence-corrected chi connectivity index (χ2v) is 6.42. The van der Waals surface area contributed by atoms with Gasteiger partial charge in [0.05, 0.1) is 10.0 Å². The molecule has 0 radical (unpaired) electrons. The van der Waals surface area contributed by atoms with E-state index >= 15 is 0 Å². The molecule has 8 heteroatoms. The molecule has 1 aromatic carbocycles. The van der Waals surface area contributed by atoms with E-state index in [4.69, 9.17) is 4.74 Å². The van der Waals surface area contributed by atoms with Crippen molar-refractivity contribution in [3.63, 3.8) is 0 Å². The van der Waals surface area contributed by atoms with Gasteiger partial charge in [0.25, 0.3) is 0 Å². The van der Waals surface area contributed by atoms with Crippen LogP contribution in [0.4, 0.5) is 19.1 Å². The number of para-hydroxylation sites is 1. The summed E-state index contributed by atoms with van der Waals surface area (Å²) in [7, 11) is 0. The number of halogens is 4. The highest BCUT2D eigenvalue weighted by Crippen LogP contribution is 2.37. The Morgan fingerprint density at radius 3 is 2.33 bits per heavy atom. The van der Waals surface area contributed by atoms with E-state index < -0.39 is 11.7 Å². The van der Waals surface area contributed by atoms with Crippen molar-refractivity contribution < 1.29 is 17.9 Å². The Morgan fingerprint density at radius 1 is 1.08 bits per heavy atom. The van der Waals surface area contributed by atoms with E-state index in [0.29, 0.717) is 31.9 Å². The normalized spacial score (nSPS) is 16.2. The summed E-state index contributed by atoms with van der Waals surface area (Å²) in [6, 6.07) is 5.33. The van der Waals surface area contributed by atoms with Gasteiger partial charge in [0.2, 0.25) is 5.95 Å². The molecule has 1 fully saturated rings. The van der Waals surface area contributed by atoms with Crippen LogP contribution in [-0.2, 0) is 6.18 Å². The van der Waals surface area contributed by atoms with Crippen LogP contribution in [-0.4, -0.2) is 29.2 Å². The number of hydrogen-bond donors (Lipinski definition) is 0. The lowest BCUT2D eigenvalue weighted by atomic mass is 10.1. The van der Waals surface area contributed by atoms with E-state index in [9.17, 15) is 13.2 Å². The molecular formula is C16H15BrF3N3O. The van der Waals surface area contributed by atoms with Gasteiger partial charge in [-0.05, 0) is 28.1 Å². The monoisotopic (exact) mass is 401 g/mol. The number of rotatable bonds is 3. The number of aromatic nitrogens is 2. The Kier molecular flexibility index (Phi) is 4.93. The van der Waals surface area contributed by atoms with Gasteiger partial charge in [0.15, 0.2) is 0 Å². The molecule has 2 aromatic rings. The van der Waals surface area contributed by atoms with E-state index in [1.807, 2.05) is 4.90 Å². The van der Waals surface area contributed by atoms with E-state index in [1.165, 1.54) is 12.1 Å². The van der Waals surface area contributed by atoms with Crippen molar-refractivity contribution in [3.8, 4) is 5.75 Å². The largest absolute Gasteiger partial charge is 0.490 e. The van der Waals surface area contributed by atoms with Gasteiger partial charge in [-0.25, -0.2) is 9.97 Å². The first kappa shape index (κ1) is 17.0. The van der Waals surface area contributed by atoms with Crippen LogP contribution in [0.2, 0.25) is 0 Å². The van der Waals surface area contributed by atoms with Crippen molar-refractivity contribution in [3.05, 3.63) is 46.7 Å². The molecular weight excluding hydrogens is 387 g/mol. The van der Waals surface area contributed by atoms with Crippen LogP contribution < -0.4 is 9.64 Å². The average Bonchev–Trinajstić information content (AvgIpc) is 2.56. The van der Waals surface area contributed by atoms with Gasteiger partial charge < -0.3 is 9.64 Å². The quantitative estimate of drug-likeness (QED) is 0.767. The topological polar surface area (TPSA) is 38.2 Å². The summed E-state index contributed by atoms with van der Waals surface area (Å²) in [6.07, 6.45) is -0.0883. The van der Waals surface area contributed by atoms with Crippen LogP contribution in [0, 0.1) is 0 Å². The number of alkyl halides is 3.